The number of rotatable bonds is 5. The van der Waals surface area contributed by atoms with Crippen LogP contribution < -0.4 is 5.73 Å². The SMILES string of the molecule is CCSC(c1sccc1C)C(N)CC. The van der Waals surface area contributed by atoms with Crippen LogP contribution >= 0.6 is 23.1 Å². The van der Waals surface area contributed by atoms with Crippen LogP contribution in [0.25, 0.3) is 0 Å². The van der Waals surface area contributed by atoms with Crippen molar-refractivity contribution in [1.29, 1.82) is 0 Å². The van der Waals surface area contributed by atoms with Gasteiger partial charge in [0.2, 0.25) is 0 Å². The van der Waals surface area contributed by atoms with Gasteiger partial charge in [-0.25, -0.2) is 0 Å². The molecule has 0 aromatic carbocycles. The molecule has 2 atom stereocenters. The van der Waals surface area contributed by atoms with E-state index < -0.39 is 0 Å². The van der Waals surface area contributed by atoms with Crippen LogP contribution in [-0.2, 0) is 0 Å². The Bertz CT molecular complexity index is 270. The summed E-state index contributed by atoms with van der Waals surface area (Å²) in [5.41, 5.74) is 7.54. The van der Waals surface area contributed by atoms with E-state index in [0.29, 0.717) is 5.25 Å². The molecule has 0 fully saturated rings. The van der Waals surface area contributed by atoms with Gasteiger partial charge in [0.25, 0.3) is 0 Å². The third kappa shape index (κ3) is 2.75. The third-order valence-electron chi connectivity index (χ3n) is 2.37. The van der Waals surface area contributed by atoms with E-state index in [4.69, 9.17) is 5.73 Å². The van der Waals surface area contributed by atoms with E-state index >= 15 is 0 Å². The maximum Gasteiger partial charge on any atom is 0.0544 e. The Labute approximate surface area is 95.1 Å². The van der Waals surface area contributed by atoms with Gasteiger partial charge in [0, 0.05) is 10.9 Å². The largest absolute Gasteiger partial charge is 0.326 e. The van der Waals surface area contributed by atoms with Crippen molar-refractivity contribution in [1.82, 2.24) is 0 Å². The molecule has 0 saturated heterocycles. The molecule has 1 nitrogen and oxygen atoms in total. The molecule has 1 heterocycles. The summed E-state index contributed by atoms with van der Waals surface area (Å²) < 4.78 is 0. The summed E-state index contributed by atoms with van der Waals surface area (Å²) in [7, 11) is 0. The molecule has 1 rings (SSSR count). The molecule has 0 saturated carbocycles. The Morgan fingerprint density at radius 3 is 2.64 bits per heavy atom. The summed E-state index contributed by atoms with van der Waals surface area (Å²) in [6.07, 6.45) is 1.05. The first-order valence-electron chi connectivity index (χ1n) is 5.11. The van der Waals surface area contributed by atoms with Crippen LogP contribution in [0.15, 0.2) is 11.4 Å². The Kier molecular flexibility index (Phi) is 4.99. The highest BCUT2D eigenvalue weighted by molar-refractivity contribution is 7.99. The van der Waals surface area contributed by atoms with Crippen molar-refractivity contribution >= 4 is 23.1 Å². The number of aryl methyl sites for hydroxylation is 1. The highest BCUT2D eigenvalue weighted by Gasteiger charge is 2.20. The number of nitrogens with two attached hydrogens (primary N) is 1. The fourth-order valence-corrected chi connectivity index (χ4v) is 3.95. The van der Waals surface area contributed by atoms with Gasteiger partial charge in [-0.2, -0.15) is 11.8 Å². The standard InChI is InChI=1S/C11H19NS2/c1-4-9(12)11(13-5-2)10-8(3)6-7-14-10/h6-7,9,11H,4-5,12H2,1-3H3. The molecule has 0 bridgehead atoms. The van der Waals surface area contributed by atoms with E-state index in [1.54, 1.807) is 0 Å². The molecule has 3 heteroatoms. The van der Waals surface area contributed by atoms with Gasteiger partial charge < -0.3 is 5.73 Å². The predicted molar refractivity (Wildman–Crippen MR) is 68.2 cm³/mol. The number of thioether (sulfide) groups is 1. The number of hydrogen-bond donors (Lipinski definition) is 1. The van der Waals surface area contributed by atoms with Gasteiger partial charge in [-0.1, -0.05) is 13.8 Å². The Hall–Kier alpha value is 0.01000. The minimum atomic E-state index is 0.289. The zero-order chi connectivity index (χ0) is 10.6. The minimum absolute atomic E-state index is 0.289. The van der Waals surface area contributed by atoms with Crippen LogP contribution in [0.1, 0.15) is 36.0 Å². The predicted octanol–water partition coefficient (Wildman–Crippen LogP) is 3.59. The Morgan fingerprint density at radius 1 is 1.50 bits per heavy atom. The third-order valence-corrected chi connectivity index (χ3v) is 4.90. The maximum atomic E-state index is 6.15. The molecule has 80 valence electrons. The van der Waals surface area contributed by atoms with Crippen molar-refractivity contribution in [3.05, 3.63) is 21.9 Å². The highest BCUT2D eigenvalue weighted by Crippen LogP contribution is 2.37. The number of hydrogen-bond acceptors (Lipinski definition) is 3. The van der Waals surface area contributed by atoms with Crippen LogP contribution in [0.2, 0.25) is 0 Å². The smallest absolute Gasteiger partial charge is 0.0544 e. The fraction of sp³-hybridized carbons (Fsp3) is 0.636. The average molecular weight is 229 g/mol. The monoisotopic (exact) mass is 229 g/mol. The van der Waals surface area contributed by atoms with Crippen molar-refractivity contribution < 1.29 is 0 Å². The van der Waals surface area contributed by atoms with Gasteiger partial charge in [0.15, 0.2) is 0 Å². The van der Waals surface area contributed by atoms with E-state index in [1.807, 2.05) is 23.1 Å². The molecule has 0 spiro atoms. The summed E-state index contributed by atoms with van der Waals surface area (Å²) in [6, 6.07) is 2.48. The second-order valence-corrected chi connectivity index (χ2v) is 5.78. The minimum Gasteiger partial charge on any atom is -0.326 e. The number of thiophene rings is 1. The normalized spacial score (nSPS) is 15.4. The molecule has 1 aromatic rings. The van der Waals surface area contributed by atoms with Crippen molar-refractivity contribution in [3.8, 4) is 0 Å². The summed E-state index contributed by atoms with van der Waals surface area (Å²) in [5, 5.41) is 2.65. The molecule has 2 unspecified atom stereocenters. The van der Waals surface area contributed by atoms with Crippen LogP contribution in [0.3, 0.4) is 0 Å². The molecule has 14 heavy (non-hydrogen) atoms. The van der Waals surface area contributed by atoms with Gasteiger partial charge in [0.1, 0.15) is 0 Å². The van der Waals surface area contributed by atoms with E-state index in [1.165, 1.54) is 10.4 Å². The first-order chi connectivity index (χ1) is 6.70. The van der Waals surface area contributed by atoms with E-state index in [-0.39, 0.29) is 6.04 Å². The van der Waals surface area contributed by atoms with Crippen LogP contribution in [0.5, 0.6) is 0 Å². The van der Waals surface area contributed by atoms with Crippen LogP contribution in [0, 0.1) is 6.92 Å². The average Bonchev–Trinajstić information content (AvgIpc) is 2.60. The lowest BCUT2D eigenvalue weighted by Crippen LogP contribution is -2.25. The van der Waals surface area contributed by atoms with E-state index in [0.717, 1.165) is 12.2 Å². The van der Waals surface area contributed by atoms with E-state index in [2.05, 4.69) is 32.2 Å². The first-order valence-corrected chi connectivity index (χ1v) is 7.04. The topological polar surface area (TPSA) is 26.0 Å². The van der Waals surface area contributed by atoms with Gasteiger partial charge >= 0.3 is 0 Å². The molecule has 0 aliphatic heterocycles. The molecule has 2 N–H and O–H groups in total. The summed E-state index contributed by atoms with van der Waals surface area (Å²) >= 11 is 3.81. The van der Waals surface area contributed by atoms with Gasteiger partial charge in [-0.3, -0.25) is 0 Å². The lowest BCUT2D eigenvalue weighted by molar-refractivity contribution is 0.638. The summed E-state index contributed by atoms with van der Waals surface area (Å²) in [6.45, 7) is 6.54. The quantitative estimate of drug-likeness (QED) is 0.835. The molecular formula is C11H19NS2. The maximum absolute atomic E-state index is 6.15. The molecule has 0 amide bonds. The van der Waals surface area contributed by atoms with E-state index in [9.17, 15) is 0 Å². The van der Waals surface area contributed by atoms with Gasteiger partial charge in [-0.05, 0) is 36.1 Å². The van der Waals surface area contributed by atoms with Gasteiger partial charge in [0.05, 0.1) is 5.25 Å². The zero-order valence-electron chi connectivity index (χ0n) is 9.12. The highest BCUT2D eigenvalue weighted by atomic mass is 32.2. The Morgan fingerprint density at radius 2 is 2.21 bits per heavy atom. The summed E-state index contributed by atoms with van der Waals surface area (Å²) in [4.78, 5) is 1.46. The van der Waals surface area contributed by atoms with Crippen molar-refractivity contribution in [2.75, 3.05) is 5.75 Å². The lowest BCUT2D eigenvalue weighted by Gasteiger charge is -2.21. The van der Waals surface area contributed by atoms with Gasteiger partial charge in [-0.15, -0.1) is 11.3 Å². The van der Waals surface area contributed by atoms with Crippen LogP contribution in [-0.4, -0.2) is 11.8 Å². The fourth-order valence-electron chi connectivity index (χ4n) is 1.46. The van der Waals surface area contributed by atoms with Crippen molar-refractivity contribution in [2.45, 2.75) is 38.5 Å². The first kappa shape index (κ1) is 12.1. The molecule has 1 aromatic heterocycles. The van der Waals surface area contributed by atoms with Crippen molar-refractivity contribution in [2.24, 2.45) is 5.73 Å². The second-order valence-electron chi connectivity index (χ2n) is 3.42. The zero-order valence-corrected chi connectivity index (χ0v) is 10.8. The molecule has 0 aliphatic carbocycles. The molecule has 0 aliphatic rings. The van der Waals surface area contributed by atoms with Crippen LogP contribution in [0.4, 0.5) is 0 Å². The summed E-state index contributed by atoms with van der Waals surface area (Å²) in [5.74, 6) is 1.13. The molecular weight excluding hydrogens is 210 g/mol. The Balaban J connectivity index is 2.82. The lowest BCUT2D eigenvalue weighted by atomic mass is 10.1. The second kappa shape index (κ2) is 5.79. The van der Waals surface area contributed by atoms with Crippen molar-refractivity contribution in [3.63, 3.8) is 0 Å². The molecule has 0 radical (unpaired) electrons.